The summed E-state index contributed by atoms with van der Waals surface area (Å²) in [4.78, 5) is 27.3. The average molecular weight is 288 g/mol. The van der Waals surface area contributed by atoms with E-state index in [0.717, 1.165) is 30.5 Å². The molecular weight excluding hydrogens is 272 g/mol. The average Bonchev–Trinajstić information content (AvgIpc) is 3.10. The van der Waals surface area contributed by atoms with E-state index in [1.807, 2.05) is 0 Å². The number of hydrogen-bond donors (Lipinski definition) is 1. The van der Waals surface area contributed by atoms with E-state index in [1.54, 1.807) is 6.07 Å². The largest absolute Gasteiger partial charge is 0.353 e. The van der Waals surface area contributed by atoms with Gasteiger partial charge >= 0.3 is 0 Å². The summed E-state index contributed by atoms with van der Waals surface area (Å²) in [5.41, 5.74) is 1.95. The van der Waals surface area contributed by atoms with E-state index < -0.39 is 0 Å². The maximum Gasteiger partial charge on any atom is 0.267 e. The molecule has 0 bridgehead atoms. The molecule has 2 heterocycles. The Morgan fingerprint density at radius 2 is 2.29 bits per heavy atom. The maximum atomic E-state index is 11.9. The molecule has 0 spiro atoms. The zero-order chi connectivity index (χ0) is 14.7. The van der Waals surface area contributed by atoms with Gasteiger partial charge in [0.05, 0.1) is 12.2 Å². The SMILES string of the molecule is O=C(Cn1cncn1)NCCn1nc2c(cc1=O)CCC2. The molecule has 2 aromatic rings. The van der Waals surface area contributed by atoms with Gasteiger partial charge in [0.15, 0.2) is 0 Å². The normalized spacial score (nSPS) is 13.1. The third-order valence-electron chi connectivity index (χ3n) is 3.44. The molecule has 8 nitrogen and oxygen atoms in total. The van der Waals surface area contributed by atoms with Gasteiger partial charge in [0.25, 0.3) is 5.56 Å². The molecule has 21 heavy (non-hydrogen) atoms. The Morgan fingerprint density at radius 1 is 1.38 bits per heavy atom. The molecule has 2 aromatic heterocycles. The van der Waals surface area contributed by atoms with Crippen LogP contribution in [0.1, 0.15) is 17.7 Å². The van der Waals surface area contributed by atoms with E-state index in [0.29, 0.717) is 13.1 Å². The van der Waals surface area contributed by atoms with Crippen LogP contribution in [-0.4, -0.2) is 37.0 Å². The minimum absolute atomic E-state index is 0.110. The van der Waals surface area contributed by atoms with Crippen molar-refractivity contribution in [2.24, 2.45) is 0 Å². The Morgan fingerprint density at radius 3 is 3.10 bits per heavy atom. The molecule has 3 rings (SSSR count). The lowest BCUT2D eigenvalue weighted by molar-refractivity contribution is -0.121. The van der Waals surface area contributed by atoms with Gasteiger partial charge in [-0.15, -0.1) is 0 Å². The first-order chi connectivity index (χ1) is 10.2. The van der Waals surface area contributed by atoms with Crippen LogP contribution >= 0.6 is 0 Å². The lowest BCUT2D eigenvalue weighted by atomic mass is 10.2. The zero-order valence-electron chi connectivity index (χ0n) is 11.5. The highest BCUT2D eigenvalue weighted by molar-refractivity contribution is 5.75. The third kappa shape index (κ3) is 3.15. The highest BCUT2D eigenvalue weighted by Crippen LogP contribution is 2.16. The second-order valence-electron chi connectivity index (χ2n) is 4.97. The first-order valence-electron chi connectivity index (χ1n) is 6.91. The lowest BCUT2D eigenvalue weighted by Crippen LogP contribution is -2.34. The molecule has 8 heteroatoms. The van der Waals surface area contributed by atoms with Gasteiger partial charge in [-0.2, -0.15) is 10.2 Å². The number of aryl methyl sites for hydroxylation is 2. The number of aromatic nitrogens is 5. The highest BCUT2D eigenvalue weighted by atomic mass is 16.2. The predicted octanol–water partition coefficient (Wildman–Crippen LogP) is -0.860. The molecule has 0 atom stereocenters. The van der Waals surface area contributed by atoms with Crippen molar-refractivity contribution in [2.45, 2.75) is 32.4 Å². The van der Waals surface area contributed by atoms with E-state index in [-0.39, 0.29) is 18.0 Å². The van der Waals surface area contributed by atoms with E-state index in [2.05, 4.69) is 20.5 Å². The fourth-order valence-electron chi connectivity index (χ4n) is 2.42. The van der Waals surface area contributed by atoms with Crippen LogP contribution in [0.5, 0.6) is 0 Å². The highest BCUT2D eigenvalue weighted by Gasteiger charge is 2.14. The van der Waals surface area contributed by atoms with Crippen molar-refractivity contribution in [2.75, 3.05) is 6.54 Å². The van der Waals surface area contributed by atoms with Crippen molar-refractivity contribution >= 4 is 5.91 Å². The molecule has 1 amide bonds. The molecule has 0 unspecified atom stereocenters. The van der Waals surface area contributed by atoms with Crippen LogP contribution < -0.4 is 10.9 Å². The van der Waals surface area contributed by atoms with Gasteiger partial charge in [-0.05, 0) is 24.8 Å². The molecule has 0 fully saturated rings. The minimum Gasteiger partial charge on any atom is -0.353 e. The van der Waals surface area contributed by atoms with Crippen molar-refractivity contribution in [1.29, 1.82) is 0 Å². The van der Waals surface area contributed by atoms with Gasteiger partial charge in [-0.1, -0.05) is 0 Å². The number of fused-ring (bicyclic) bond motifs is 1. The number of hydrogen-bond acceptors (Lipinski definition) is 5. The molecule has 0 saturated carbocycles. The Balaban J connectivity index is 1.54. The van der Waals surface area contributed by atoms with E-state index in [9.17, 15) is 9.59 Å². The zero-order valence-corrected chi connectivity index (χ0v) is 11.5. The molecule has 1 aliphatic rings. The van der Waals surface area contributed by atoms with Gasteiger partial charge in [0, 0.05) is 12.6 Å². The number of carbonyl (C=O) groups excluding carboxylic acids is 1. The standard InChI is InChI=1S/C13H16N6O2/c20-12(7-18-9-14-8-16-18)15-4-5-19-13(21)6-10-2-1-3-11(10)17-19/h6,8-9H,1-5,7H2,(H,15,20). The van der Waals surface area contributed by atoms with Crippen LogP contribution in [0.4, 0.5) is 0 Å². The fraction of sp³-hybridized carbons (Fsp3) is 0.462. The Kier molecular flexibility index (Phi) is 3.76. The molecule has 110 valence electrons. The molecule has 1 aliphatic carbocycles. The van der Waals surface area contributed by atoms with Gasteiger partial charge in [0.1, 0.15) is 19.2 Å². The Hall–Kier alpha value is -2.51. The smallest absolute Gasteiger partial charge is 0.267 e. The number of amides is 1. The summed E-state index contributed by atoms with van der Waals surface area (Å²) in [6.07, 6.45) is 5.77. The van der Waals surface area contributed by atoms with E-state index >= 15 is 0 Å². The summed E-state index contributed by atoms with van der Waals surface area (Å²) in [7, 11) is 0. The summed E-state index contributed by atoms with van der Waals surface area (Å²) >= 11 is 0. The van der Waals surface area contributed by atoms with Crippen molar-refractivity contribution in [3.05, 3.63) is 40.3 Å². The van der Waals surface area contributed by atoms with E-state index in [1.165, 1.54) is 22.0 Å². The quantitative estimate of drug-likeness (QED) is 0.772. The summed E-state index contributed by atoms with van der Waals surface area (Å²) in [6, 6.07) is 1.66. The number of nitrogens with zero attached hydrogens (tertiary/aromatic N) is 5. The molecule has 0 aliphatic heterocycles. The molecule has 0 radical (unpaired) electrons. The van der Waals surface area contributed by atoms with Crippen molar-refractivity contribution in [3.63, 3.8) is 0 Å². The van der Waals surface area contributed by atoms with Gasteiger partial charge in [-0.3, -0.25) is 9.59 Å². The van der Waals surface area contributed by atoms with Crippen LogP contribution in [0.25, 0.3) is 0 Å². The first-order valence-corrected chi connectivity index (χ1v) is 6.91. The predicted molar refractivity (Wildman–Crippen MR) is 73.6 cm³/mol. The summed E-state index contributed by atoms with van der Waals surface area (Å²) in [5, 5.41) is 10.9. The molecule has 0 aromatic carbocycles. The van der Waals surface area contributed by atoms with Crippen molar-refractivity contribution in [3.8, 4) is 0 Å². The fourth-order valence-corrected chi connectivity index (χ4v) is 2.42. The minimum atomic E-state index is -0.172. The van der Waals surface area contributed by atoms with Crippen molar-refractivity contribution in [1.82, 2.24) is 29.9 Å². The third-order valence-corrected chi connectivity index (χ3v) is 3.44. The monoisotopic (exact) mass is 288 g/mol. The van der Waals surface area contributed by atoms with Crippen LogP contribution in [0.15, 0.2) is 23.5 Å². The van der Waals surface area contributed by atoms with Crippen LogP contribution in [0, 0.1) is 0 Å². The summed E-state index contributed by atoms with van der Waals surface area (Å²) in [5.74, 6) is -0.172. The second kappa shape index (κ2) is 5.86. The maximum absolute atomic E-state index is 11.9. The molecule has 1 N–H and O–H groups in total. The lowest BCUT2D eigenvalue weighted by Gasteiger charge is -2.08. The van der Waals surface area contributed by atoms with Gasteiger partial charge in [0.2, 0.25) is 5.91 Å². The van der Waals surface area contributed by atoms with E-state index in [4.69, 9.17) is 0 Å². The number of carbonyl (C=O) groups is 1. The second-order valence-corrected chi connectivity index (χ2v) is 4.97. The van der Waals surface area contributed by atoms with Crippen LogP contribution in [-0.2, 0) is 30.7 Å². The van der Waals surface area contributed by atoms with Crippen molar-refractivity contribution < 1.29 is 4.79 Å². The Bertz CT molecular complexity index is 691. The molecule has 0 saturated heterocycles. The topological polar surface area (TPSA) is 94.7 Å². The van der Waals surface area contributed by atoms with Crippen LogP contribution in [0.3, 0.4) is 0 Å². The first kappa shape index (κ1) is 13.5. The summed E-state index contributed by atoms with van der Waals surface area (Å²) in [6.45, 7) is 0.848. The van der Waals surface area contributed by atoms with Crippen LogP contribution in [0.2, 0.25) is 0 Å². The van der Waals surface area contributed by atoms with Gasteiger partial charge in [-0.25, -0.2) is 14.3 Å². The Labute approximate surface area is 120 Å². The molecular formula is C13H16N6O2. The number of rotatable bonds is 5. The number of nitrogens with one attached hydrogen (secondary N) is 1. The summed E-state index contributed by atoms with van der Waals surface area (Å²) < 4.78 is 2.86. The van der Waals surface area contributed by atoms with Gasteiger partial charge < -0.3 is 5.32 Å².